The number of aliphatic imine (C=N–C) groups is 1. The highest BCUT2D eigenvalue weighted by Crippen LogP contribution is 2.27. The average molecular weight is 714 g/mol. The molecule has 300 valence electrons. The van der Waals surface area contributed by atoms with Crippen molar-refractivity contribution in [2.24, 2.45) is 4.99 Å². The molecule has 1 heterocycles. The zero-order chi connectivity index (χ0) is 36.8. The summed E-state index contributed by atoms with van der Waals surface area (Å²) in [4.78, 5) is 18.9. The van der Waals surface area contributed by atoms with E-state index in [1.165, 1.54) is 231 Å². The van der Waals surface area contributed by atoms with Gasteiger partial charge < -0.3 is 0 Å². The molecule has 1 rings (SSSR count). The molecule has 0 N–H and O–H groups in total. The number of nitrogens with zero attached hydrogens (tertiary/aromatic N) is 2. The topological polar surface area (TPSA) is 29.4 Å². The van der Waals surface area contributed by atoms with E-state index in [9.17, 15) is 4.79 Å². The van der Waals surface area contributed by atoms with E-state index in [1.54, 1.807) is 0 Å². The molecular formula is C48H93N2O+. The van der Waals surface area contributed by atoms with Crippen LogP contribution in [0.25, 0.3) is 0 Å². The van der Waals surface area contributed by atoms with Crippen LogP contribution in [0.15, 0.2) is 17.4 Å². The largest absolute Gasteiger partial charge is 0.324 e. The first-order valence-corrected chi connectivity index (χ1v) is 23.9. The predicted molar refractivity (Wildman–Crippen MR) is 228 cm³/mol. The third kappa shape index (κ3) is 27.3. The van der Waals surface area contributed by atoms with Crippen LogP contribution < -0.4 is 0 Å². The average Bonchev–Trinajstić information content (AvgIpc) is 3.56. The summed E-state index contributed by atoms with van der Waals surface area (Å²) >= 11 is 0. The molecule has 0 spiro atoms. The summed E-state index contributed by atoms with van der Waals surface area (Å²) in [5.41, 5.74) is 0. The van der Waals surface area contributed by atoms with Crippen LogP contribution >= 0.6 is 0 Å². The van der Waals surface area contributed by atoms with Crippen molar-refractivity contribution < 1.29 is 9.28 Å². The molecule has 1 aliphatic rings. The quantitative estimate of drug-likeness (QED) is 0.0458. The van der Waals surface area contributed by atoms with Crippen molar-refractivity contribution in [3.63, 3.8) is 0 Å². The van der Waals surface area contributed by atoms with Gasteiger partial charge in [0.2, 0.25) is 5.84 Å². The van der Waals surface area contributed by atoms with Gasteiger partial charge in [-0.15, -0.1) is 0 Å². The molecule has 1 unspecified atom stereocenters. The van der Waals surface area contributed by atoms with Crippen LogP contribution in [0.1, 0.15) is 278 Å². The van der Waals surface area contributed by atoms with Gasteiger partial charge in [0, 0.05) is 6.42 Å². The Morgan fingerprint density at radius 2 is 0.706 bits per heavy atom. The molecule has 3 nitrogen and oxygen atoms in total. The van der Waals surface area contributed by atoms with Gasteiger partial charge in [-0.25, -0.2) is 9.79 Å². The second kappa shape index (κ2) is 37.4. The maximum atomic E-state index is 14.0. The van der Waals surface area contributed by atoms with Gasteiger partial charge in [0.25, 0.3) is 0 Å². The molecule has 0 radical (unpaired) electrons. The van der Waals surface area contributed by atoms with Crippen LogP contribution in [0.2, 0.25) is 0 Å². The number of quaternary nitrogens is 1. The van der Waals surface area contributed by atoms with Crippen molar-refractivity contribution in [3.8, 4) is 0 Å². The smallest absolute Gasteiger partial charge is 0.230 e. The van der Waals surface area contributed by atoms with Gasteiger partial charge in [-0.3, -0.25) is 0 Å². The molecule has 0 saturated carbocycles. The van der Waals surface area contributed by atoms with Crippen molar-refractivity contribution in [2.75, 3.05) is 6.54 Å². The Morgan fingerprint density at radius 1 is 0.412 bits per heavy atom. The molecule has 0 bridgehead atoms. The molecule has 1 amide bonds. The number of rotatable bonds is 41. The first kappa shape index (κ1) is 48.1. The van der Waals surface area contributed by atoms with Crippen LogP contribution in [0, 0.1) is 0 Å². The van der Waals surface area contributed by atoms with Crippen molar-refractivity contribution in [3.05, 3.63) is 12.4 Å². The normalized spacial score (nSPS) is 15.6. The second-order valence-electron chi connectivity index (χ2n) is 16.7. The van der Waals surface area contributed by atoms with Crippen molar-refractivity contribution >= 4 is 11.7 Å². The number of amidine groups is 1. The summed E-state index contributed by atoms with van der Waals surface area (Å²) in [7, 11) is 0. The van der Waals surface area contributed by atoms with E-state index in [2.05, 4.69) is 27.0 Å². The summed E-state index contributed by atoms with van der Waals surface area (Å²) in [5, 5.41) is 0. The summed E-state index contributed by atoms with van der Waals surface area (Å²) in [6, 6.07) is 0. The fourth-order valence-corrected chi connectivity index (χ4v) is 8.24. The zero-order valence-corrected chi connectivity index (χ0v) is 35.4. The molecule has 0 aromatic heterocycles. The summed E-state index contributed by atoms with van der Waals surface area (Å²) in [5.74, 6) is 1.57. The van der Waals surface area contributed by atoms with Gasteiger partial charge >= 0.3 is 5.91 Å². The van der Waals surface area contributed by atoms with E-state index in [1.807, 2.05) is 6.20 Å². The molecule has 1 aliphatic heterocycles. The number of carbonyl (C=O) groups is 1. The van der Waals surface area contributed by atoms with Crippen molar-refractivity contribution in [1.82, 2.24) is 0 Å². The highest BCUT2D eigenvalue weighted by atomic mass is 16.2. The van der Waals surface area contributed by atoms with Crippen molar-refractivity contribution in [1.29, 1.82) is 0 Å². The molecule has 0 aliphatic carbocycles. The Kier molecular flexibility index (Phi) is 35.2. The van der Waals surface area contributed by atoms with Gasteiger partial charge in [0.15, 0.2) is 0 Å². The SMILES string of the molecule is CCCCCCCCCCCCCCCCC(=O)[N+]1(CCCCCCCCCCCCCCCC)C=CN=C1CCCCCCCCCCCC. The minimum atomic E-state index is 0.420. The first-order valence-electron chi connectivity index (χ1n) is 23.9. The van der Waals surface area contributed by atoms with E-state index in [0.29, 0.717) is 10.4 Å². The standard InChI is InChI=1S/C48H93N2O/c1-4-7-10-13-16-19-22-24-26-28-31-34-37-40-43-48(51)50(45-41-38-35-32-29-27-25-23-20-17-14-11-8-5-2)46-44-49-47(50)42-39-36-33-30-21-18-15-12-9-6-3/h44,46H,4-43,45H2,1-3H3/q+1. The number of hydrogen-bond acceptors (Lipinski definition) is 2. The Bertz CT molecular complexity index is 803. The van der Waals surface area contributed by atoms with E-state index in [-0.39, 0.29) is 0 Å². The third-order valence-electron chi connectivity index (χ3n) is 11.8. The maximum absolute atomic E-state index is 14.0. The Morgan fingerprint density at radius 3 is 1.06 bits per heavy atom. The fraction of sp³-hybridized carbons (Fsp3) is 0.917. The van der Waals surface area contributed by atoms with E-state index < -0.39 is 0 Å². The molecule has 0 aromatic rings. The van der Waals surface area contributed by atoms with Gasteiger partial charge in [-0.1, -0.05) is 239 Å². The summed E-state index contributed by atoms with van der Waals surface area (Å²) < 4.78 is 0.453. The minimum Gasteiger partial charge on any atom is -0.230 e. The van der Waals surface area contributed by atoms with E-state index in [0.717, 1.165) is 38.1 Å². The summed E-state index contributed by atoms with van der Waals surface area (Å²) in [6.45, 7) is 7.83. The Balaban J connectivity index is 2.35. The monoisotopic (exact) mass is 714 g/mol. The van der Waals surface area contributed by atoms with E-state index >= 15 is 0 Å². The van der Waals surface area contributed by atoms with Crippen LogP contribution in [0.4, 0.5) is 0 Å². The lowest BCUT2D eigenvalue weighted by atomic mass is 10.0. The lowest BCUT2D eigenvalue weighted by Gasteiger charge is -2.30. The van der Waals surface area contributed by atoms with Crippen LogP contribution in [0.5, 0.6) is 0 Å². The fourth-order valence-electron chi connectivity index (χ4n) is 8.24. The molecule has 0 saturated heterocycles. The maximum Gasteiger partial charge on any atom is 0.324 e. The lowest BCUT2D eigenvalue weighted by molar-refractivity contribution is -0.708. The first-order chi connectivity index (χ1) is 25.2. The van der Waals surface area contributed by atoms with Gasteiger partial charge in [0.05, 0.1) is 19.2 Å². The predicted octanol–water partition coefficient (Wildman–Crippen LogP) is 16.9. The summed E-state index contributed by atoms with van der Waals surface area (Å²) in [6.07, 6.45) is 57.6. The van der Waals surface area contributed by atoms with Crippen LogP contribution in [-0.2, 0) is 4.79 Å². The molecule has 0 fully saturated rings. The van der Waals surface area contributed by atoms with Crippen LogP contribution in [-0.4, -0.2) is 22.8 Å². The number of carbonyl (C=O) groups excluding carboxylic acids is 1. The molecular weight excluding hydrogens is 621 g/mol. The number of hydrogen-bond donors (Lipinski definition) is 0. The second-order valence-corrected chi connectivity index (χ2v) is 16.7. The molecule has 1 atom stereocenters. The van der Waals surface area contributed by atoms with Gasteiger partial charge in [-0.2, -0.15) is 4.48 Å². The Hall–Kier alpha value is -0.960. The van der Waals surface area contributed by atoms with Crippen LogP contribution in [0.3, 0.4) is 0 Å². The lowest BCUT2D eigenvalue weighted by Crippen LogP contribution is -2.52. The highest BCUT2D eigenvalue weighted by Gasteiger charge is 2.41. The molecule has 51 heavy (non-hydrogen) atoms. The third-order valence-corrected chi connectivity index (χ3v) is 11.8. The minimum absolute atomic E-state index is 0.420. The number of unbranched alkanes of at least 4 members (excludes halogenated alkanes) is 35. The van der Waals surface area contributed by atoms with Gasteiger partial charge in [0.1, 0.15) is 6.20 Å². The zero-order valence-electron chi connectivity index (χ0n) is 35.4. The number of amides is 1. The molecule has 3 heteroatoms. The Labute approximate surface area is 321 Å². The van der Waals surface area contributed by atoms with E-state index in [4.69, 9.17) is 4.99 Å². The molecule has 0 aromatic carbocycles. The van der Waals surface area contributed by atoms with Gasteiger partial charge in [-0.05, 0) is 25.7 Å². The van der Waals surface area contributed by atoms with Crippen molar-refractivity contribution in [2.45, 2.75) is 278 Å². The highest BCUT2D eigenvalue weighted by molar-refractivity contribution is 5.90.